The summed E-state index contributed by atoms with van der Waals surface area (Å²) in [5.74, 6) is 3.73. The molecule has 39 heavy (non-hydrogen) atoms. The van der Waals surface area contributed by atoms with Crippen LogP contribution in [0.2, 0.25) is 0 Å². The first-order valence-corrected chi connectivity index (χ1v) is 14.5. The fraction of sp³-hybridized carbons (Fsp3) is 0.548. The molecule has 2 saturated heterocycles. The molecule has 5 rings (SSSR count). The lowest BCUT2D eigenvalue weighted by atomic mass is 10.0. The summed E-state index contributed by atoms with van der Waals surface area (Å²) in [4.78, 5) is 17.3. The Labute approximate surface area is 233 Å². The molecule has 8 heteroatoms. The first-order valence-electron chi connectivity index (χ1n) is 14.5. The molecule has 0 unspecified atom stereocenters. The second-order valence-corrected chi connectivity index (χ2v) is 11.4. The zero-order chi connectivity index (χ0) is 27.2. The Kier molecular flexibility index (Phi) is 9.04. The molecule has 3 heterocycles. The molecule has 2 fully saturated rings. The SMILES string of the molecule is COc1cc2c(NC3CCN(Cc4ccccc4)CC3)nc(N3CCN(C)CC3)nc2cc1OCCC(C)C. The Balaban J connectivity index is 1.37. The lowest BCUT2D eigenvalue weighted by Gasteiger charge is -2.34. The van der Waals surface area contributed by atoms with Crippen molar-refractivity contribution in [3.63, 3.8) is 0 Å². The van der Waals surface area contributed by atoms with E-state index in [2.05, 4.69) is 71.2 Å². The van der Waals surface area contributed by atoms with Crippen LogP contribution in [0.25, 0.3) is 10.9 Å². The zero-order valence-electron chi connectivity index (χ0n) is 24.0. The molecule has 1 N–H and O–H groups in total. The Hall–Kier alpha value is -3.10. The Morgan fingerprint density at radius 1 is 0.949 bits per heavy atom. The number of likely N-dealkylation sites (N-methyl/N-ethyl adjacent to an activating group) is 1. The lowest BCUT2D eigenvalue weighted by molar-refractivity contribution is 0.211. The normalized spacial score (nSPS) is 17.6. The van der Waals surface area contributed by atoms with E-state index in [4.69, 9.17) is 19.4 Å². The topological polar surface area (TPSA) is 66.0 Å². The van der Waals surface area contributed by atoms with Crippen molar-refractivity contribution in [1.29, 1.82) is 0 Å². The molecule has 0 aliphatic carbocycles. The maximum absolute atomic E-state index is 6.17. The van der Waals surface area contributed by atoms with Gasteiger partial charge < -0.3 is 24.6 Å². The fourth-order valence-corrected chi connectivity index (χ4v) is 5.33. The summed E-state index contributed by atoms with van der Waals surface area (Å²) in [6.07, 6.45) is 3.15. The summed E-state index contributed by atoms with van der Waals surface area (Å²) >= 11 is 0. The lowest BCUT2D eigenvalue weighted by Crippen LogP contribution is -2.45. The van der Waals surface area contributed by atoms with Crippen molar-refractivity contribution in [1.82, 2.24) is 19.8 Å². The largest absolute Gasteiger partial charge is 0.493 e. The minimum Gasteiger partial charge on any atom is -0.493 e. The molecule has 2 aliphatic rings. The van der Waals surface area contributed by atoms with Gasteiger partial charge in [0.2, 0.25) is 5.95 Å². The van der Waals surface area contributed by atoms with Crippen LogP contribution in [0.1, 0.15) is 38.7 Å². The molecule has 3 aromatic rings. The molecule has 0 spiro atoms. The van der Waals surface area contributed by atoms with Gasteiger partial charge in [0.1, 0.15) is 5.82 Å². The number of piperidine rings is 1. The molecule has 2 aromatic carbocycles. The highest BCUT2D eigenvalue weighted by Gasteiger charge is 2.24. The molecule has 8 nitrogen and oxygen atoms in total. The standard InChI is InChI=1S/C31H44N6O2/c1-23(2)12-19-39-29-21-27-26(20-28(29)38-4)30(34-31(33-27)37-17-15-35(3)16-18-37)32-25-10-13-36(14-11-25)22-24-8-6-5-7-9-24/h5-9,20-21,23,25H,10-19,22H2,1-4H3,(H,32,33,34). The molecule has 210 valence electrons. The number of rotatable bonds is 10. The molecule has 0 atom stereocenters. The first-order chi connectivity index (χ1) is 19.0. The molecule has 1 aromatic heterocycles. The summed E-state index contributed by atoms with van der Waals surface area (Å²) in [5.41, 5.74) is 2.27. The summed E-state index contributed by atoms with van der Waals surface area (Å²) in [7, 11) is 3.87. The zero-order valence-corrected chi connectivity index (χ0v) is 24.0. The van der Waals surface area contributed by atoms with Crippen molar-refractivity contribution in [3.8, 4) is 11.5 Å². The van der Waals surface area contributed by atoms with Gasteiger partial charge in [0.05, 0.1) is 19.2 Å². The number of hydrogen-bond acceptors (Lipinski definition) is 8. The van der Waals surface area contributed by atoms with Gasteiger partial charge in [-0.05, 0) is 43.9 Å². The smallest absolute Gasteiger partial charge is 0.227 e. The summed E-state index contributed by atoms with van der Waals surface area (Å²) in [5, 5.41) is 4.79. The van der Waals surface area contributed by atoms with Gasteiger partial charge in [-0.3, -0.25) is 4.90 Å². The van der Waals surface area contributed by atoms with Gasteiger partial charge in [-0.15, -0.1) is 0 Å². The number of anilines is 2. The third-order valence-electron chi connectivity index (χ3n) is 7.89. The maximum atomic E-state index is 6.17. The van der Waals surface area contributed by atoms with Gasteiger partial charge in [-0.25, -0.2) is 4.98 Å². The number of nitrogens with zero attached hydrogens (tertiary/aromatic N) is 5. The van der Waals surface area contributed by atoms with E-state index in [1.165, 1.54) is 5.56 Å². The van der Waals surface area contributed by atoms with Crippen molar-refractivity contribution >= 4 is 22.7 Å². The highest BCUT2D eigenvalue weighted by molar-refractivity contribution is 5.93. The van der Waals surface area contributed by atoms with Gasteiger partial charge >= 0.3 is 0 Å². The molecular weight excluding hydrogens is 488 g/mol. The van der Waals surface area contributed by atoms with Crippen LogP contribution in [0.4, 0.5) is 11.8 Å². The Morgan fingerprint density at radius 3 is 2.38 bits per heavy atom. The number of benzene rings is 2. The number of piperazine rings is 1. The highest BCUT2D eigenvalue weighted by Crippen LogP contribution is 2.36. The Morgan fingerprint density at radius 2 is 1.69 bits per heavy atom. The summed E-state index contributed by atoms with van der Waals surface area (Å²) in [6.45, 7) is 12.1. The van der Waals surface area contributed by atoms with Crippen LogP contribution in [0, 0.1) is 5.92 Å². The minimum atomic E-state index is 0.364. The van der Waals surface area contributed by atoms with E-state index in [-0.39, 0.29) is 0 Å². The number of fused-ring (bicyclic) bond motifs is 1. The van der Waals surface area contributed by atoms with E-state index in [1.54, 1.807) is 7.11 Å². The Bertz CT molecular complexity index is 1200. The number of nitrogens with one attached hydrogen (secondary N) is 1. The van der Waals surface area contributed by atoms with Crippen LogP contribution in [-0.4, -0.2) is 85.8 Å². The molecule has 0 radical (unpaired) electrons. The molecule has 0 bridgehead atoms. The van der Waals surface area contributed by atoms with Crippen molar-refractivity contribution < 1.29 is 9.47 Å². The van der Waals surface area contributed by atoms with Crippen molar-refractivity contribution in [2.45, 2.75) is 45.7 Å². The van der Waals surface area contributed by atoms with Crippen molar-refractivity contribution in [3.05, 3.63) is 48.0 Å². The van der Waals surface area contributed by atoms with Crippen LogP contribution in [0.3, 0.4) is 0 Å². The quantitative estimate of drug-likeness (QED) is 0.396. The second-order valence-electron chi connectivity index (χ2n) is 11.4. The van der Waals surface area contributed by atoms with E-state index in [0.29, 0.717) is 18.6 Å². The minimum absolute atomic E-state index is 0.364. The fourth-order valence-electron chi connectivity index (χ4n) is 5.33. The van der Waals surface area contributed by atoms with E-state index < -0.39 is 0 Å². The van der Waals surface area contributed by atoms with Crippen molar-refractivity contribution in [2.75, 3.05) is 70.2 Å². The molecular formula is C31H44N6O2. The molecule has 0 amide bonds. The third-order valence-corrected chi connectivity index (χ3v) is 7.89. The average Bonchev–Trinajstić information content (AvgIpc) is 2.94. The van der Waals surface area contributed by atoms with Crippen LogP contribution in [0.15, 0.2) is 42.5 Å². The van der Waals surface area contributed by atoms with Gasteiger partial charge in [-0.1, -0.05) is 44.2 Å². The van der Waals surface area contributed by atoms with Gasteiger partial charge in [0, 0.05) is 63.3 Å². The van der Waals surface area contributed by atoms with Crippen LogP contribution in [-0.2, 0) is 6.54 Å². The maximum Gasteiger partial charge on any atom is 0.227 e. The number of methoxy groups -OCH3 is 1. The van der Waals surface area contributed by atoms with E-state index >= 15 is 0 Å². The van der Waals surface area contributed by atoms with Gasteiger partial charge in [0.25, 0.3) is 0 Å². The number of hydrogen-bond donors (Lipinski definition) is 1. The number of likely N-dealkylation sites (tertiary alicyclic amines) is 1. The predicted molar refractivity (Wildman–Crippen MR) is 159 cm³/mol. The second kappa shape index (κ2) is 12.8. The van der Waals surface area contributed by atoms with E-state index in [9.17, 15) is 0 Å². The van der Waals surface area contributed by atoms with E-state index in [0.717, 1.165) is 99.2 Å². The van der Waals surface area contributed by atoms with Gasteiger partial charge in [0.15, 0.2) is 11.5 Å². The number of ether oxygens (including phenoxy) is 2. The van der Waals surface area contributed by atoms with Crippen LogP contribution >= 0.6 is 0 Å². The third kappa shape index (κ3) is 7.11. The summed E-state index contributed by atoms with van der Waals surface area (Å²) in [6, 6.07) is 15.2. The van der Waals surface area contributed by atoms with Crippen molar-refractivity contribution in [2.24, 2.45) is 5.92 Å². The highest BCUT2D eigenvalue weighted by atomic mass is 16.5. The number of aromatic nitrogens is 2. The van der Waals surface area contributed by atoms with Crippen LogP contribution in [0.5, 0.6) is 11.5 Å². The first kappa shape index (κ1) is 27.5. The van der Waals surface area contributed by atoms with E-state index in [1.807, 2.05) is 12.1 Å². The van der Waals surface area contributed by atoms with Gasteiger partial charge in [-0.2, -0.15) is 4.98 Å². The average molecular weight is 533 g/mol. The molecule has 0 saturated carbocycles. The predicted octanol–water partition coefficient (Wildman–Crippen LogP) is 4.89. The monoisotopic (exact) mass is 532 g/mol. The molecule has 2 aliphatic heterocycles. The van der Waals surface area contributed by atoms with Crippen LogP contribution < -0.4 is 19.7 Å². The summed E-state index contributed by atoms with van der Waals surface area (Å²) < 4.78 is 11.9.